The fraction of sp³-hybridized carbons (Fsp3) is 0.294. The molecule has 2 atom stereocenters. The molecule has 1 aromatic carbocycles. The van der Waals surface area contributed by atoms with Crippen molar-refractivity contribution >= 4 is 11.8 Å². The summed E-state index contributed by atoms with van der Waals surface area (Å²) in [5.74, 6) is -0.0726. The topological polar surface area (TPSA) is 76.3 Å². The van der Waals surface area contributed by atoms with Crippen LogP contribution in [0.5, 0.6) is 0 Å². The molecular weight excluding hydrogens is 294 g/mol. The number of likely N-dealkylation sites (tertiary alicyclic amines) is 1. The van der Waals surface area contributed by atoms with Crippen molar-refractivity contribution in [2.75, 3.05) is 0 Å². The van der Waals surface area contributed by atoms with E-state index in [-0.39, 0.29) is 36.1 Å². The number of imide groups is 1. The van der Waals surface area contributed by atoms with Crippen LogP contribution < -0.4 is 0 Å². The van der Waals surface area contributed by atoms with Gasteiger partial charge in [-0.05, 0) is 25.0 Å². The van der Waals surface area contributed by atoms with E-state index in [4.69, 9.17) is 4.42 Å². The molecule has 23 heavy (non-hydrogen) atoms. The minimum atomic E-state index is -0.232. The van der Waals surface area contributed by atoms with Crippen LogP contribution in [0, 0.1) is 11.8 Å². The third kappa shape index (κ3) is 2.36. The number of amides is 2. The molecule has 4 rings (SSSR count). The lowest BCUT2D eigenvalue weighted by atomic mass is 9.85. The molecule has 0 spiro atoms. The maximum atomic E-state index is 12.4. The number of carbonyl (C=O) groups excluding carboxylic acids is 2. The van der Waals surface area contributed by atoms with Crippen LogP contribution in [0.25, 0.3) is 11.5 Å². The van der Waals surface area contributed by atoms with Gasteiger partial charge in [-0.25, -0.2) is 0 Å². The van der Waals surface area contributed by atoms with Gasteiger partial charge < -0.3 is 4.42 Å². The van der Waals surface area contributed by atoms with Crippen molar-refractivity contribution in [1.82, 2.24) is 15.1 Å². The van der Waals surface area contributed by atoms with Gasteiger partial charge in [0, 0.05) is 5.56 Å². The van der Waals surface area contributed by atoms with Gasteiger partial charge in [0.25, 0.3) is 0 Å². The number of aromatic nitrogens is 2. The average Bonchev–Trinajstić information content (AvgIpc) is 3.16. The molecule has 0 radical (unpaired) electrons. The highest BCUT2D eigenvalue weighted by molar-refractivity contribution is 6.05. The summed E-state index contributed by atoms with van der Waals surface area (Å²) in [7, 11) is 0. The minimum Gasteiger partial charge on any atom is -0.419 e. The van der Waals surface area contributed by atoms with Crippen molar-refractivity contribution in [2.24, 2.45) is 11.8 Å². The van der Waals surface area contributed by atoms with Crippen molar-refractivity contribution in [2.45, 2.75) is 19.4 Å². The lowest BCUT2D eigenvalue weighted by Crippen LogP contribution is -2.30. The van der Waals surface area contributed by atoms with Crippen LogP contribution in [-0.2, 0) is 16.1 Å². The highest BCUT2D eigenvalue weighted by atomic mass is 16.4. The molecule has 2 aromatic rings. The standard InChI is InChI=1S/C17H15N3O3/c21-16-12-8-4-5-9-13(12)17(22)20(16)10-14-18-19-15(23-14)11-6-2-1-3-7-11/h1-7,12-13H,8-10H2. The Kier molecular flexibility index (Phi) is 3.29. The van der Waals surface area contributed by atoms with E-state index >= 15 is 0 Å². The quantitative estimate of drug-likeness (QED) is 0.641. The second-order valence-electron chi connectivity index (χ2n) is 5.79. The Morgan fingerprint density at radius 3 is 2.30 bits per heavy atom. The zero-order valence-corrected chi connectivity index (χ0v) is 12.4. The molecule has 1 aliphatic heterocycles. The van der Waals surface area contributed by atoms with Crippen LogP contribution >= 0.6 is 0 Å². The van der Waals surface area contributed by atoms with E-state index in [9.17, 15) is 9.59 Å². The van der Waals surface area contributed by atoms with E-state index in [1.54, 1.807) is 0 Å². The van der Waals surface area contributed by atoms with Crippen LogP contribution in [0.15, 0.2) is 46.9 Å². The summed E-state index contributed by atoms with van der Waals surface area (Å²) in [6.07, 6.45) is 5.20. The first-order valence-corrected chi connectivity index (χ1v) is 7.62. The minimum absolute atomic E-state index is 0.0461. The lowest BCUT2D eigenvalue weighted by molar-refractivity contribution is -0.140. The van der Waals surface area contributed by atoms with Crippen molar-refractivity contribution in [3.63, 3.8) is 0 Å². The number of hydrogen-bond acceptors (Lipinski definition) is 5. The van der Waals surface area contributed by atoms with Crippen LogP contribution in [0.4, 0.5) is 0 Å². The maximum Gasteiger partial charge on any atom is 0.247 e. The molecule has 116 valence electrons. The summed E-state index contributed by atoms with van der Waals surface area (Å²) in [6.45, 7) is 0.0461. The summed E-state index contributed by atoms with van der Waals surface area (Å²) < 4.78 is 5.60. The Hall–Kier alpha value is -2.76. The summed E-state index contributed by atoms with van der Waals surface area (Å²) >= 11 is 0. The van der Waals surface area contributed by atoms with Crippen molar-refractivity contribution in [1.29, 1.82) is 0 Å². The summed E-state index contributed by atoms with van der Waals surface area (Å²) in [5, 5.41) is 7.95. The maximum absolute atomic E-state index is 12.4. The third-order valence-electron chi connectivity index (χ3n) is 4.38. The zero-order chi connectivity index (χ0) is 15.8. The van der Waals surface area contributed by atoms with Gasteiger partial charge in [-0.15, -0.1) is 10.2 Å². The molecule has 2 heterocycles. The largest absolute Gasteiger partial charge is 0.419 e. The van der Waals surface area contributed by atoms with E-state index in [1.165, 1.54) is 4.90 Å². The monoisotopic (exact) mass is 309 g/mol. The Bertz CT molecular complexity index is 755. The molecule has 2 aliphatic rings. The molecule has 0 saturated carbocycles. The molecule has 6 heteroatoms. The van der Waals surface area contributed by atoms with Gasteiger partial charge in [0.1, 0.15) is 6.54 Å². The van der Waals surface area contributed by atoms with Crippen molar-refractivity contribution in [3.8, 4) is 11.5 Å². The Morgan fingerprint density at radius 1 is 1.00 bits per heavy atom. The normalized spacial score (nSPS) is 23.4. The molecule has 0 N–H and O–H groups in total. The lowest BCUT2D eigenvalue weighted by Gasteiger charge is -2.14. The smallest absolute Gasteiger partial charge is 0.247 e. The van der Waals surface area contributed by atoms with E-state index in [0.717, 1.165) is 5.56 Å². The number of carbonyl (C=O) groups is 2. The molecule has 1 aromatic heterocycles. The van der Waals surface area contributed by atoms with Crippen LogP contribution in [0.2, 0.25) is 0 Å². The van der Waals surface area contributed by atoms with E-state index < -0.39 is 0 Å². The predicted octanol–water partition coefficient (Wildman–Crippen LogP) is 2.19. The Morgan fingerprint density at radius 2 is 1.65 bits per heavy atom. The molecular formula is C17H15N3O3. The van der Waals surface area contributed by atoms with Crippen molar-refractivity contribution < 1.29 is 14.0 Å². The van der Waals surface area contributed by atoms with Gasteiger partial charge in [-0.1, -0.05) is 30.4 Å². The number of allylic oxidation sites excluding steroid dienone is 2. The second kappa shape index (κ2) is 5.46. The van der Waals surface area contributed by atoms with Gasteiger partial charge in [0.15, 0.2) is 0 Å². The first-order chi connectivity index (χ1) is 11.2. The summed E-state index contributed by atoms with van der Waals surface area (Å²) in [5.41, 5.74) is 0.809. The Labute approximate surface area is 132 Å². The van der Waals surface area contributed by atoms with Crippen LogP contribution in [0.3, 0.4) is 0 Å². The molecule has 1 fully saturated rings. The van der Waals surface area contributed by atoms with Gasteiger partial charge in [0.2, 0.25) is 23.6 Å². The zero-order valence-electron chi connectivity index (χ0n) is 12.4. The summed E-state index contributed by atoms with van der Waals surface area (Å²) in [6, 6.07) is 9.39. The van der Waals surface area contributed by atoms with Gasteiger partial charge in [0.05, 0.1) is 11.8 Å². The Balaban J connectivity index is 1.54. The first-order valence-electron chi connectivity index (χ1n) is 7.62. The molecule has 6 nitrogen and oxygen atoms in total. The number of hydrogen-bond donors (Lipinski definition) is 0. The number of rotatable bonds is 3. The molecule has 2 unspecified atom stereocenters. The molecule has 2 amide bonds. The van der Waals surface area contributed by atoms with E-state index in [1.807, 2.05) is 42.5 Å². The SMILES string of the molecule is O=C1C2CC=CCC2C(=O)N1Cc1nnc(-c2ccccc2)o1. The van der Waals surface area contributed by atoms with Gasteiger partial charge >= 0.3 is 0 Å². The highest BCUT2D eigenvalue weighted by Gasteiger charge is 2.47. The molecule has 1 saturated heterocycles. The summed E-state index contributed by atoms with van der Waals surface area (Å²) in [4.78, 5) is 26.1. The van der Waals surface area contributed by atoms with Crippen LogP contribution in [-0.4, -0.2) is 26.9 Å². The molecule has 0 bridgehead atoms. The number of benzene rings is 1. The average molecular weight is 309 g/mol. The second-order valence-corrected chi connectivity index (χ2v) is 5.79. The van der Waals surface area contributed by atoms with Crippen molar-refractivity contribution in [3.05, 3.63) is 48.4 Å². The number of nitrogens with zero attached hydrogens (tertiary/aromatic N) is 3. The molecule has 1 aliphatic carbocycles. The predicted molar refractivity (Wildman–Crippen MR) is 80.6 cm³/mol. The van der Waals surface area contributed by atoms with Crippen LogP contribution in [0.1, 0.15) is 18.7 Å². The fourth-order valence-corrected chi connectivity index (χ4v) is 3.17. The van der Waals surface area contributed by atoms with E-state index in [0.29, 0.717) is 18.7 Å². The highest BCUT2D eigenvalue weighted by Crippen LogP contribution is 2.35. The first kappa shape index (κ1) is 13.9. The fourth-order valence-electron chi connectivity index (χ4n) is 3.17. The van der Waals surface area contributed by atoms with Gasteiger partial charge in [-0.2, -0.15) is 0 Å². The third-order valence-corrected chi connectivity index (χ3v) is 4.38. The van der Waals surface area contributed by atoms with Gasteiger partial charge in [-0.3, -0.25) is 14.5 Å². The van der Waals surface area contributed by atoms with E-state index in [2.05, 4.69) is 10.2 Å². The number of fused-ring (bicyclic) bond motifs is 1.